The Hall–Kier alpha value is -1.89. The monoisotopic (exact) mass is 582 g/mol. The Balaban J connectivity index is 0.00000380. The van der Waals surface area contributed by atoms with E-state index in [0.717, 1.165) is 80.3 Å². The number of piperazine rings is 1. The van der Waals surface area contributed by atoms with Crippen molar-refractivity contribution in [2.45, 2.75) is 33.2 Å². The number of halogens is 4. The fraction of sp³-hybridized carbons (Fsp3) is 0.393. The molecule has 2 heterocycles. The summed E-state index contributed by atoms with van der Waals surface area (Å²) in [5.41, 5.74) is 4.84. The average Bonchev–Trinajstić information content (AvgIpc) is 3.20. The minimum Gasteiger partial charge on any atom is -0.368 e. The number of nitrogens with zero attached hydrogens (tertiary/aromatic N) is 3. The molecule has 2 aromatic carbocycles. The Morgan fingerprint density at radius 1 is 0.973 bits per heavy atom. The molecule has 1 aromatic heterocycles. The van der Waals surface area contributed by atoms with E-state index in [-0.39, 0.29) is 18.3 Å². The van der Waals surface area contributed by atoms with E-state index in [2.05, 4.69) is 26.6 Å². The molecule has 0 saturated carbocycles. The third-order valence-corrected chi connectivity index (χ3v) is 7.84. The van der Waals surface area contributed by atoms with Crippen molar-refractivity contribution in [1.82, 2.24) is 14.8 Å². The van der Waals surface area contributed by atoms with E-state index in [0.29, 0.717) is 21.6 Å². The molecule has 9 heteroatoms. The highest BCUT2D eigenvalue weighted by molar-refractivity contribution is 6.43. The van der Waals surface area contributed by atoms with E-state index >= 15 is 0 Å². The fourth-order valence-corrected chi connectivity index (χ4v) is 5.34. The first-order valence-corrected chi connectivity index (χ1v) is 13.7. The highest BCUT2D eigenvalue weighted by Gasteiger charge is 2.20. The first kappa shape index (κ1) is 29.7. The fourth-order valence-electron chi connectivity index (χ4n) is 4.80. The molecule has 1 aliphatic rings. The van der Waals surface area contributed by atoms with Gasteiger partial charge in [-0.25, -0.2) is 0 Å². The molecule has 200 valence electrons. The van der Waals surface area contributed by atoms with Gasteiger partial charge in [0.1, 0.15) is 0 Å². The zero-order valence-electron chi connectivity index (χ0n) is 21.3. The van der Waals surface area contributed by atoms with Crippen LogP contribution in [0.3, 0.4) is 0 Å². The van der Waals surface area contributed by atoms with Crippen molar-refractivity contribution in [3.63, 3.8) is 0 Å². The largest absolute Gasteiger partial charge is 0.368 e. The van der Waals surface area contributed by atoms with Gasteiger partial charge in [-0.3, -0.25) is 9.69 Å². The predicted octanol–water partition coefficient (Wildman–Crippen LogP) is 7.20. The summed E-state index contributed by atoms with van der Waals surface area (Å²) < 4.78 is 2.23. The summed E-state index contributed by atoms with van der Waals surface area (Å²) in [4.78, 5) is 17.8. The molecule has 1 N–H and O–H groups in total. The highest BCUT2D eigenvalue weighted by atomic mass is 35.5. The second kappa shape index (κ2) is 13.8. The van der Waals surface area contributed by atoms with Gasteiger partial charge in [-0.2, -0.15) is 0 Å². The summed E-state index contributed by atoms with van der Waals surface area (Å²) in [6.45, 7) is 10.4. The van der Waals surface area contributed by atoms with Gasteiger partial charge < -0.3 is 14.8 Å². The van der Waals surface area contributed by atoms with Gasteiger partial charge in [0.05, 0.1) is 21.3 Å². The number of carbonyl (C=O) groups is 1. The quantitative estimate of drug-likeness (QED) is 0.271. The number of aromatic nitrogens is 1. The Morgan fingerprint density at radius 3 is 2.35 bits per heavy atom. The third kappa shape index (κ3) is 7.15. The Morgan fingerprint density at radius 2 is 1.68 bits per heavy atom. The smallest absolute Gasteiger partial charge is 0.253 e. The van der Waals surface area contributed by atoms with E-state index in [1.54, 1.807) is 0 Å². The molecule has 1 fully saturated rings. The molecule has 0 atom stereocenters. The van der Waals surface area contributed by atoms with E-state index < -0.39 is 0 Å². The van der Waals surface area contributed by atoms with Crippen molar-refractivity contribution in [3.8, 4) is 11.3 Å². The zero-order chi connectivity index (χ0) is 25.7. The maximum Gasteiger partial charge on any atom is 0.253 e. The number of rotatable bonds is 9. The molecular formula is C28H34Cl4N4O. The van der Waals surface area contributed by atoms with Crippen LogP contribution in [-0.2, 0) is 6.54 Å². The minimum atomic E-state index is -0.0158. The highest BCUT2D eigenvalue weighted by Crippen LogP contribution is 2.33. The summed E-state index contributed by atoms with van der Waals surface area (Å²) >= 11 is 18.6. The lowest BCUT2D eigenvalue weighted by atomic mass is 10.1. The molecule has 0 unspecified atom stereocenters. The summed E-state index contributed by atoms with van der Waals surface area (Å²) in [6.07, 6.45) is 1.90. The first-order valence-electron chi connectivity index (χ1n) is 12.5. The number of benzene rings is 2. The van der Waals surface area contributed by atoms with Crippen molar-refractivity contribution in [2.75, 3.05) is 44.2 Å². The van der Waals surface area contributed by atoms with Crippen LogP contribution in [0.5, 0.6) is 0 Å². The molecule has 4 rings (SSSR count). The van der Waals surface area contributed by atoms with Gasteiger partial charge in [-0.1, -0.05) is 59.9 Å². The van der Waals surface area contributed by atoms with Gasteiger partial charge in [-0.05, 0) is 62.2 Å². The predicted molar refractivity (Wildman–Crippen MR) is 159 cm³/mol. The lowest BCUT2D eigenvalue weighted by Gasteiger charge is -2.36. The van der Waals surface area contributed by atoms with Crippen LogP contribution in [0.1, 0.15) is 35.8 Å². The summed E-state index contributed by atoms with van der Waals surface area (Å²) in [5, 5.41) is 5.05. The molecule has 1 amide bonds. The average molecular weight is 584 g/mol. The van der Waals surface area contributed by atoms with Gasteiger partial charge in [0.25, 0.3) is 5.91 Å². The van der Waals surface area contributed by atoms with Crippen molar-refractivity contribution in [1.29, 1.82) is 0 Å². The van der Waals surface area contributed by atoms with Crippen molar-refractivity contribution < 1.29 is 4.79 Å². The number of hydrogen-bond donors (Lipinski definition) is 1. The van der Waals surface area contributed by atoms with Crippen molar-refractivity contribution >= 4 is 58.8 Å². The van der Waals surface area contributed by atoms with Gasteiger partial charge in [0.2, 0.25) is 0 Å². The first-order chi connectivity index (χ1) is 17.4. The second-order valence-electron chi connectivity index (χ2n) is 9.20. The van der Waals surface area contributed by atoms with E-state index in [1.165, 1.54) is 0 Å². The van der Waals surface area contributed by atoms with Crippen molar-refractivity contribution in [3.05, 3.63) is 74.9 Å². The molecule has 1 aliphatic heterocycles. The van der Waals surface area contributed by atoms with Crippen LogP contribution < -0.4 is 10.2 Å². The van der Waals surface area contributed by atoms with Gasteiger partial charge >= 0.3 is 0 Å². The molecule has 0 bridgehead atoms. The van der Waals surface area contributed by atoms with Gasteiger partial charge in [0, 0.05) is 55.7 Å². The van der Waals surface area contributed by atoms with Gasteiger partial charge in [0.15, 0.2) is 0 Å². The number of amides is 1. The van der Waals surface area contributed by atoms with Crippen molar-refractivity contribution in [2.24, 2.45) is 0 Å². The SMILES string of the molecule is CCCn1c(-c2ccc(Cl)cc2)cc(C(=O)NCCCN2CCN(c3cccc(Cl)c3Cl)CC2)c1C.Cl. The topological polar surface area (TPSA) is 40.5 Å². The van der Waals surface area contributed by atoms with Crippen LogP contribution in [0, 0.1) is 6.92 Å². The molecule has 0 spiro atoms. The zero-order valence-corrected chi connectivity index (χ0v) is 24.4. The second-order valence-corrected chi connectivity index (χ2v) is 10.4. The Bertz CT molecular complexity index is 1190. The van der Waals surface area contributed by atoms with Crippen LogP contribution >= 0.6 is 47.2 Å². The molecule has 3 aromatic rings. The minimum absolute atomic E-state index is 0. The lowest BCUT2D eigenvalue weighted by molar-refractivity contribution is 0.0950. The number of nitrogens with one attached hydrogen (secondary N) is 1. The molecule has 1 saturated heterocycles. The number of carbonyl (C=O) groups excluding carboxylic acids is 1. The molecule has 0 radical (unpaired) electrons. The van der Waals surface area contributed by atoms with Crippen LogP contribution in [0.4, 0.5) is 5.69 Å². The number of hydrogen-bond acceptors (Lipinski definition) is 3. The lowest BCUT2D eigenvalue weighted by Crippen LogP contribution is -2.47. The van der Waals surface area contributed by atoms with Gasteiger partial charge in [-0.15, -0.1) is 12.4 Å². The van der Waals surface area contributed by atoms with E-state index in [9.17, 15) is 4.79 Å². The van der Waals surface area contributed by atoms with Crippen LogP contribution in [0.25, 0.3) is 11.3 Å². The maximum atomic E-state index is 13.0. The normalized spacial score (nSPS) is 13.9. The summed E-state index contributed by atoms with van der Waals surface area (Å²) in [7, 11) is 0. The van der Waals surface area contributed by atoms with E-state index in [1.807, 2.05) is 55.5 Å². The van der Waals surface area contributed by atoms with E-state index in [4.69, 9.17) is 34.8 Å². The summed E-state index contributed by atoms with van der Waals surface area (Å²) in [6, 6.07) is 15.6. The Labute approximate surface area is 241 Å². The molecule has 37 heavy (non-hydrogen) atoms. The summed E-state index contributed by atoms with van der Waals surface area (Å²) in [5.74, 6) is -0.0158. The molecule has 0 aliphatic carbocycles. The number of anilines is 1. The third-order valence-electron chi connectivity index (χ3n) is 6.78. The molecular weight excluding hydrogens is 550 g/mol. The standard InChI is InChI=1S/C28H33Cl3N4O.ClH/c1-3-13-35-20(2)23(19-26(35)21-8-10-22(29)11-9-21)28(36)32-12-5-14-33-15-17-34(18-16-33)25-7-4-6-24(30)27(25)31;/h4,6-11,19H,3,5,12-18H2,1-2H3,(H,32,36);1H. The molecule has 5 nitrogen and oxygen atoms in total. The van der Waals surface area contributed by atoms with Crippen LogP contribution in [0.2, 0.25) is 15.1 Å². The maximum absolute atomic E-state index is 13.0. The van der Waals surface area contributed by atoms with Crippen LogP contribution in [-0.4, -0.2) is 54.6 Å². The Kier molecular flexibility index (Phi) is 11.0. The van der Waals surface area contributed by atoms with Crippen LogP contribution in [0.15, 0.2) is 48.5 Å².